The molecule has 3 atom stereocenters. The number of nitrogens with zero attached hydrogens (tertiary/aromatic N) is 2. The Hall–Kier alpha value is -1.56. The number of carbonyl (C=O) groups is 2. The average molecular weight is 305 g/mol. The van der Waals surface area contributed by atoms with E-state index in [1.807, 2.05) is 18.9 Å². The van der Waals surface area contributed by atoms with Gasteiger partial charge in [0, 0.05) is 32.7 Å². The second-order valence-corrected chi connectivity index (χ2v) is 7.36. The fraction of sp³-hybridized carbons (Fsp3) is 0.750. The zero-order valence-electron chi connectivity index (χ0n) is 13.2. The van der Waals surface area contributed by atoms with E-state index in [-0.39, 0.29) is 23.3 Å². The molecule has 0 aromatic carbocycles. The molecule has 0 aromatic heterocycles. The summed E-state index contributed by atoms with van der Waals surface area (Å²) in [5.41, 5.74) is 2.01. The van der Waals surface area contributed by atoms with E-state index in [0.717, 1.165) is 50.2 Å². The van der Waals surface area contributed by atoms with Crippen molar-refractivity contribution in [1.29, 1.82) is 0 Å². The first-order chi connectivity index (χ1) is 10.5. The van der Waals surface area contributed by atoms with E-state index in [0.29, 0.717) is 12.6 Å². The van der Waals surface area contributed by atoms with Crippen LogP contribution in [0, 0.1) is 5.41 Å². The highest BCUT2D eigenvalue weighted by molar-refractivity contribution is 5.90. The third-order valence-corrected chi connectivity index (χ3v) is 5.82. The maximum Gasteiger partial charge on any atom is 0.335 e. The van der Waals surface area contributed by atoms with E-state index in [9.17, 15) is 9.59 Å². The predicted molar refractivity (Wildman–Crippen MR) is 79.9 cm³/mol. The lowest BCUT2D eigenvalue weighted by atomic mass is 9.71. The predicted octanol–water partition coefficient (Wildman–Crippen LogP) is 0.102. The molecule has 1 spiro atoms. The van der Waals surface area contributed by atoms with Crippen molar-refractivity contribution in [1.82, 2.24) is 15.1 Å². The maximum atomic E-state index is 12.3. The van der Waals surface area contributed by atoms with Crippen LogP contribution in [0.3, 0.4) is 0 Å². The molecule has 6 nitrogen and oxygen atoms in total. The van der Waals surface area contributed by atoms with Crippen molar-refractivity contribution < 1.29 is 14.3 Å². The number of nitrogens with one attached hydrogen (secondary N) is 1. The van der Waals surface area contributed by atoms with Crippen LogP contribution in [0.1, 0.15) is 26.2 Å². The van der Waals surface area contributed by atoms with Crippen molar-refractivity contribution in [2.24, 2.45) is 5.41 Å². The van der Waals surface area contributed by atoms with Crippen molar-refractivity contribution in [2.45, 2.75) is 38.3 Å². The number of esters is 1. The third kappa shape index (κ3) is 2.04. The highest BCUT2D eigenvalue weighted by Gasteiger charge is 2.50. The Bertz CT molecular complexity index is 571. The molecular formula is C16H23N3O3. The maximum absolute atomic E-state index is 12.3. The summed E-state index contributed by atoms with van der Waals surface area (Å²) in [6, 6.07) is 0.368. The number of amides is 1. The van der Waals surface area contributed by atoms with Gasteiger partial charge in [0.2, 0.25) is 5.91 Å². The SMILES string of the molecule is CC1=C(N2CC[C@@]3(C[C@H]4CN(C)C(=O)[C@@H](C3)N4)C2)COC1=O. The third-order valence-electron chi connectivity index (χ3n) is 5.82. The average Bonchev–Trinajstić information content (AvgIpc) is 3.01. The Balaban J connectivity index is 1.53. The fourth-order valence-electron chi connectivity index (χ4n) is 4.70. The van der Waals surface area contributed by atoms with Crippen molar-refractivity contribution in [3.8, 4) is 0 Å². The summed E-state index contributed by atoms with van der Waals surface area (Å²) in [6.07, 6.45) is 3.12. The van der Waals surface area contributed by atoms with Crippen LogP contribution >= 0.6 is 0 Å². The molecule has 0 unspecified atom stereocenters. The first kappa shape index (κ1) is 14.1. The molecule has 0 radical (unpaired) electrons. The zero-order valence-corrected chi connectivity index (χ0v) is 13.2. The lowest BCUT2D eigenvalue weighted by Gasteiger charge is -2.48. The van der Waals surface area contributed by atoms with Gasteiger partial charge in [-0.2, -0.15) is 0 Å². The van der Waals surface area contributed by atoms with Gasteiger partial charge in [-0.3, -0.25) is 4.79 Å². The van der Waals surface area contributed by atoms with E-state index >= 15 is 0 Å². The molecule has 1 amide bonds. The van der Waals surface area contributed by atoms with Gasteiger partial charge >= 0.3 is 5.97 Å². The molecule has 4 heterocycles. The number of rotatable bonds is 1. The number of ether oxygens (including phenoxy) is 1. The van der Waals surface area contributed by atoms with Crippen LogP contribution < -0.4 is 5.32 Å². The molecule has 6 heteroatoms. The van der Waals surface area contributed by atoms with E-state index in [4.69, 9.17) is 4.74 Å². The van der Waals surface area contributed by atoms with Gasteiger partial charge in [0.05, 0.1) is 17.3 Å². The molecule has 4 rings (SSSR count). The molecule has 120 valence electrons. The quantitative estimate of drug-likeness (QED) is 0.696. The van der Waals surface area contributed by atoms with Crippen LogP contribution in [0.25, 0.3) is 0 Å². The minimum Gasteiger partial charge on any atom is -0.456 e. The summed E-state index contributed by atoms with van der Waals surface area (Å²) in [7, 11) is 1.90. The van der Waals surface area contributed by atoms with E-state index < -0.39 is 0 Å². The second-order valence-electron chi connectivity index (χ2n) is 7.36. The highest BCUT2D eigenvalue weighted by atomic mass is 16.5. The number of hydrogen-bond acceptors (Lipinski definition) is 5. The van der Waals surface area contributed by atoms with Gasteiger partial charge in [0.15, 0.2) is 0 Å². The Kier molecular flexibility index (Phi) is 3.01. The summed E-state index contributed by atoms with van der Waals surface area (Å²) in [5.74, 6) is 0.0403. The van der Waals surface area contributed by atoms with Crippen LogP contribution in [-0.2, 0) is 14.3 Å². The number of likely N-dealkylation sites (N-methyl/N-ethyl adjacent to an activating group) is 1. The number of fused-ring (bicyclic) bond motifs is 2. The topological polar surface area (TPSA) is 61.9 Å². The van der Waals surface area contributed by atoms with Crippen molar-refractivity contribution in [2.75, 3.05) is 33.3 Å². The fourth-order valence-corrected chi connectivity index (χ4v) is 4.70. The van der Waals surface area contributed by atoms with Gasteiger partial charge < -0.3 is 19.9 Å². The minimum absolute atomic E-state index is 0.0333. The molecule has 1 N–H and O–H groups in total. The molecule has 3 saturated heterocycles. The van der Waals surface area contributed by atoms with Crippen LogP contribution in [-0.4, -0.2) is 67.0 Å². The van der Waals surface area contributed by atoms with Gasteiger partial charge in [-0.25, -0.2) is 4.79 Å². The summed E-state index contributed by atoms with van der Waals surface area (Å²) in [5, 5.41) is 3.48. The smallest absolute Gasteiger partial charge is 0.335 e. The monoisotopic (exact) mass is 305 g/mol. The van der Waals surface area contributed by atoms with Gasteiger partial charge in [-0.1, -0.05) is 0 Å². The molecule has 4 aliphatic heterocycles. The van der Waals surface area contributed by atoms with Gasteiger partial charge in [0.25, 0.3) is 0 Å². The molecule has 0 aromatic rings. The Morgan fingerprint density at radius 3 is 2.86 bits per heavy atom. The van der Waals surface area contributed by atoms with Crippen molar-refractivity contribution >= 4 is 11.9 Å². The molecular weight excluding hydrogens is 282 g/mol. The number of carbonyl (C=O) groups excluding carboxylic acids is 2. The molecule has 4 aliphatic rings. The minimum atomic E-state index is -0.185. The van der Waals surface area contributed by atoms with E-state index in [1.165, 1.54) is 0 Å². The van der Waals surface area contributed by atoms with Crippen LogP contribution in [0.2, 0.25) is 0 Å². The molecule has 0 saturated carbocycles. The lowest BCUT2D eigenvalue weighted by Crippen LogP contribution is -2.64. The first-order valence-electron chi connectivity index (χ1n) is 8.10. The number of likely N-dealkylation sites (tertiary alicyclic amines) is 2. The largest absolute Gasteiger partial charge is 0.456 e. The van der Waals surface area contributed by atoms with Gasteiger partial charge in [-0.15, -0.1) is 0 Å². The number of piperazine rings is 1. The summed E-state index contributed by atoms with van der Waals surface area (Å²) >= 11 is 0. The van der Waals surface area contributed by atoms with Crippen LogP contribution in [0.15, 0.2) is 11.3 Å². The van der Waals surface area contributed by atoms with Gasteiger partial charge in [-0.05, 0) is 31.6 Å². The Labute approximate surface area is 130 Å². The highest BCUT2D eigenvalue weighted by Crippen LogP contribution is 2.45. The number of piperidine rings is 1. The number of cyclic esters (lactones) is 1. The van der Waals surface area contributed by atoms with Gasteiger partial charge in [0.1, 0.15) is 6.61 Å². The molecule has 2 bridgehead atoms. The van der Waals surface area contributed by atoms with E-state index in [1.54, 1.807) is 0 Å². The van der Waals surface area contributed by atoms with Crippen molar-refractivity contribution in [3.05, 3.63) is 11.3 Å². The molecule has 3 fully saturated rings. The van der Waals surface area contributed by atoms with Crippen LogP contribution in [0.5, 0.6) is 0 Å². The van der Waals surface area contributed by atoms with E-state index in [2.05, 4.69) is 10.2 Å². The summed E-state index contributed by atoms with van der Waals surface area (Å²) < 4.78 is 5.14. The van der Waals surface area contributed by atoms with Crippen molar-refractivity contribution in [3.63, 3.8) is 0 Å². The second kappa shape index (κ2) is 4.72. The normalized spacial score (nSPS) is 38.3. The summed E-state index contributed by atoms with van der Waals surface area (Å²) in [4.78, 5) is 28.0. The Morgan fingerprint density at radius 1 is 1.32 bits per heavy atom. The Morgan fingerprint density at radius 2 is 2.14 bits per heavy atom. The zero-order chi connectivity index (χ0) is 15.5. The first-order valence-corrected chi connectivity index (χ1v) is 8.10. The standard InChI is InChI=1S/C16H23N3O3/c1-10-13(8-22-15(10)21)19-4-3-16(9-19)5-11-7-18(2)14(20)12(6-16)17-11/h11-12,17H,3-9H2,1-2H3/t11-,12+,16-/m0/s1. The number of hydrogen-bond donors (Lipinski definition) is 1. The van der Waals surface area contributed by atoms with Crippen LogP contribution in [0.4, 0.5) is 0 Å². The molecule has 0 aliphatic carbocycles. The molecule has 22 heavy (non-hydrogen) atoms. The lowest BCUT2D eigenvalue weighted by molar-refractivity contribution is -0.139. The summed E-state index contributed by atoms with van der Waals surface area (Å²) in [6.45, 7) is 4.98.